The van der Waals surface area contributed by atoms with Gasteiger partial charge in [0.15, 0.2) is 5.78 Å². The second kappa shape index (κ2) is 12.7. The highest BCUT2D eigenvalue weighted by atomic mass is 16.5. The molecule has 5 nitrogen and oxygen atoms in total. The molecular formula is C27H35NO4. The maximum atomic E-state index is 12.7. The smallest absolute Gasteiger partial charge is 0.253 e. The summed E-state index contributed by atoms with van der Waals surface area (Å²) in [4.78, 5) is 26.2. The van der Waals surface area contributed by atoms with Gasteiger partial charge in [0.05, 0.1) is 13.2 Å². The van der Waals surface area contributed by atoms with E-state index in [0.717, 1.165) is 42.6 Å². The normalized spacial score (nSPS) is 10.9. The van der Waals surface area contributed by atoms with Crippen LogP contribution in [0.5, 0.6) is 11.5 Å². The summed E-state index contributed by atoms with van der Waals surface area (Å²) in [6.07, 6.45) is 7.40. The van der Waals surface area contributed by atoms with Gasteiger partial charge in [-0.15, -0.1) is 0 Å². The zero-order valence-electron chi connectivity index (χ0n) is 19.9. The molecule has 0 aliphatic carbocycles. The third kappa shape index (κ3) is 7.26. The maximum absolute atomic E-state index is 12.7. The summed E-state index contributed by atoms with van der Waals surface area (Å²) in [6.45, 7) is 7.54. The van der Waals surface area contributed by atoms with Gasteiger partial charge in [-0.1, -0.05) is 38.8 Å². The molecule has 0 heterocycles. The van der Waals surface area contributed by atoms with Crippen molar-refractivity contribution in [3.8, 4) is 11.5 Å². The van der Waals surface area contributed by atoms with Crippen molar-refractivity contribution >= 4 is 17.8 Å². The number of carbonyl (C=O) groups is 2. The number of hydrogen-bond donors (Lipinski definition) is 0. The number of benzene rings is 2. The van der Waals surface area contributed by atoms with Crippen LogP contribution in [-0.2, 0) is 0 Å². The molecule has 0 saturated carbocycles. The summed E-state index contributed by atoms with van der Waals surface area (Å²) < 4.78 is 11.9. The Hall–Kier alpha value is -3.08. The molecule has 0 radical (unpaired) electrons. The molecule has 2 aromatic carbocycles. The molecule has 172 valence electrons. The van der Waals surface area contributed by atoms with Crippen molar-refractivity contribution in [3.05, 3.63) is 64.7 Å². The van der Waals surface area contributed by atoms with E-state index in [1.807, 2.05) is 19.1 Å². The molecule has 32 heavy (non-hydrogen) atoms. The number of ketones is 1. The van der Waals surface area contributed by atoms with Crippen LogP contribution in [0.25, 0.3) is 6.08 Å². The zero-order chi connectivity index (χ0) is 23.5. The minimum atomic E-state index is -0.130. The van der Waals surface area contributed by atoms with Gasteiger partial charge in [0.2, 0.25) is 0 Å². The monoisotopic (exact) mass is 437 g/mol. The molecule has 0 aliphatic heterocycles. The molecule has 5 heteroatoms. The number of allylic oxidation sites excluding steroid dienone is 1. The molecule has 0 saturated heterocycles. The third-order valence-electron chi connectivity index (χ3n) is 5.06. The van der Waals surface area contributed by atoms with E-state index in [4.69, 9.17) is 9.47 Å². The van der Waals surface area contributed by atoms with Gasteiger partial charge in [-0.3, -0.25) is 9.59 Å². The molecule has 0 fully saturated rings. The van der Waals surface area contributed by atoms with E-state index in [1.165, 1.54) is 4.90 Å². The lowest BCUT2D eigenvalue weighted by molar-refractivity contribution is 0.0827. The number of rotatable bonds is 12. The molecule has 0 aliphatic rings. The Balaban J connectivity index is 2.21. The molecule has 0 aromatic heterocycles. The van der Waals surface area contributed by atoms with Crippen molar-refractivity contribution in [3.63, 3.8) is 0 Å². The van der Waals surface area contributed by atoms with Crippen molar-refractivity contribution in [2.24, 2.45) is 0 Å². The van der Waals surface area contributed by atoms with E-state index in [2.05, 4.69) is 13.8 Å². The van der Waals surface area contributed by atoms with Crippen LogP contribution >= 0.6 is 0 Å². The van der Waals surface area contributed by atoms with Crippen molar-refractivity contribution in [2.45, 2.75) is 46.5 Å². The number of ether oxygens (including phenoxy) is 2. The number of hydrogen-bond acceptors (Lipinski definition) is 4. The van der Waals surface area contributed by atoms with Gasteiger partial charge in [-0.2, -0.15) is 0 Å². The van der Waals surface area contributed by atoms with Gasteiger partial charge in [0.25, 0.3) is 5.91 Å². The van der Waals surface area contributed by atoms with E-state index < -0.39 is 0 Å². The lowest BCUT2D eigenvalue weighted by Gasteiger charge is -2.14. The number of unbranched alkanes of at least 4 members (excludes halogenated alkanes) is 2. The Kier molecular flexibility index (Phi) is 9.99. The summed E-state index contributed by atoms with van der Waals surface area (Å²) >= 11 is 0. The summed E-state index contributed by atoms with van der Waals surface area (Å²) in [7, 11) is 3.40. The number of amides is 1. The number of nitrogens with zero attached hydrogens (tertiary/aromatic N) is 1. The highest BCUT2D eigenvalue weighted by Crippen LogP contribution is 2.30. The third-order valence-corrected chi connectivity index (χ3v) is 5.06. The topological polar surface area (TPSA) is 55.8 Å². The van der Waals surface area contributed by atoms with Gasteiger partial charge in [0.1, 0.15) is 11.5 Å². The van der Waals surface area contributed by atoms with Crippen LogP contribution in [0.1, 0.15) is 71.4 Å². The van der Waals surface area contributed by atoms with E-state index in [9.17, 15) is 9.59 Å². The summed E-state index contributed by atoms with van der Waals surface area (Å²) in [5.41, 5.74) is 2.93. The molecule has 0 bridgehead atoms. The van der Waals surface area contributed by atoms with Crippen LogP contribution in [0.15, 0.2) is 42.5 Å². The second-order valence-corrected chi connectivity index (χ2v) is 8.03. The highest BCUT2D eigenvalue weighted by Gasteiger charge is 2.11. The first-order valence-electron chi connectivity index (χ1n) is 11.3. The lowest BCUT2D eigenvalue weighted by atomic mass is 10.0. The van der Waals surface area contributed by atoms with Gasteiger partial charge >= 0.3 is 0 Å². The Morgan fingerprint density at radius 2 is 1.44 bits per heavy atom. The Labute approximate surface area is 192 Å². The van der Waals surface area contributed by atoms with Gasteiger partial charge in [-0.05, 0) is 55.7 Å². The minimum absolute atomic E-state index is 0.0925. The quantitative estimate of drug-likeness (QED) is 0.234. The fourth-order valence-corrected chi connectivity index (χ4v) is 3.05. The van der Waals surface area contributed by atoms with E-state index >= 15 is 0 Å². The SMILES string of the molecule is CCCCOc1cc(OCCCC)c(/C=C/C(=O)c2ccc(C(=O)N(C)C)cc2)cc1C. The van der Waals surface area contributed by atoms with Crippen LogP contribution in [-0.4, -0.2) is 43.9 Å². The maximum Gasteiger partial charge on any atom is 0.253 e. The van der Waals surface area contributed by atoms with Crippen LogP contribution in [0, 0.1) is 6.92 Å². The molecule has 2 aromatic rings. The van der Waals surface area contributed by atoms with Crippen LogP contribution in [0.4, 0.5) is 0 Å². The van der Waals surface area contributed by atoms with Gasteiger partial charge in [0, 0.05) is 36.9 Å². The average Bonchev–Trinajstić information content (AvgIpc) is 2.79. The van der Waals surface area contributed by atoms with Crippen LogP contribution in [0.2, 0.25) is 0 Å². The predicted octanol–water partition coefficient (Wildman–Crippen LogP) is 5.95. The first kappa shape index (κ1) is 25.2. The van der Waals surface area contributed by atoms with Crippen LogP contribution < -0.4 is 9.47 Å². The van der Waals surface area contributed by atoms with Crippen molar-refractivity contribution in [1.82, 2.24) is 4.90 Å². The molecule has 1 amide bonds. The predicted molar refractivity (Wildman–Crippen MR) is 130 cm³/mol. The fourth-order valence-electron chi connectivity index (χ4n) is 3.05. The first-order valence-corrected chi connectivity index (χ1v) is 11.3. The molecule has 0 spiro atoms. The molecule has 0 atom stereocenters. The number of aryl methyl sites for hydroxylation is 1. The van der Waals surface area contributed by atoms with E-state index in [-0.39, 0.29) is 11.7 Å². The summed E-state index contributed by atoms with van der Waals surface area (Å²) in [6, 6.07) is 10.6. The van der Waals surface area contributed by atoms with Crippen molar-refractivity contribution < 1.29 is 19.1 Å². The highest BCUT2D eigenvalue weighted by molar-refractivity contribution is 6.07. The molecule has 2 rings (SSSR count). The van der Waals surface area contributed by atoms with E-state index in [1.54, 1.807) is 50.5 Å². The Morgan fingerprint density at radius 3 is 2.00 bits per heavy atom. The standard InChI is InChI=1S/C27H35NO4/c1-6-8-16-31-25-19-26(32-17-9-7-2)23(18-20(25)3)14-15-24(29)21-10-12-22(13-11-21)27(30)28(4)5/h10-15,18-19H,6-9,16-17H2,1-5H3/b15-14+. The van der Waals surface area contributed by atoms with Crippen molar-refractivity contribution in [2.75, 3.05) is 27.3 Å². The molecule has 0 N–H and O–H groups in total. The zero-order valence-corrected chi connectivity index (χ0v) is 19.9. The van der Waals surface area contributed by atoms with Crippen molar-refractivity contribution in [1.29, 1.82) is 0 Å². The van der Waals surface area contributed by atoms with Gasteiger partial charge < -0.3 is 14.4 Å². The fraction of sp³-hybridized carbons (Fsp3) is 0.407. The molecule has 0 unspecified atom stereocenters. The molecular weight excluding hydrogens is 402 g/mol. The average molecular weight is 438 g/mol. The minimum Gasteiger partial charge on any atom is -0.493 e. The lowest BCUT2D eigenvalue weighted by Crippen LogP contribution is -2.21. The van der Waals surface area contributed by atoms with E-state index in [0.29, 0.717) is 30.1 Å². The number of carbonyl (C=O) groups excluding carboxylic acids is 2. The van der Waals surface area contributed by atoms with Gasteiger partial charge in [-0.25, -0.2) is 0 Å². The summed E-state index contributed by atoms with van der Waals surface area (Å²) in [5.74, 6) is 1.31. The second-order valence-electron chi connectivity index (χ2n) is 8.03. The summed E-state index contributed by atoms with van der Waals surface area (Å²) in [5, 5.41) is 0. The first-order chi connectivity index (χ1) is 15.4. The van der Waals surface area contributed by atoms with Crippen LogP contribution in [0.3, 0.4) is 0 Å². The Bertz CT molecular complexity index is 929. The Morgan fingerprint density at radius 1 is 0.875 bits per heavy atom. The largest absolute Gasteiger partial charge is 0.493 e.